The standard InChI is InChI=1S/C15H20N4/c1-11-3-2-4-12(7-11)18-14(8-16)15-9-17-10-19(15)13-5-6-13/h2-4,7,9-10,13-14,18H,5-6,8,16H2,1H3. The van der Waals surface area contributed by atoms with Crippen molar-refractivity contribution >= 4 is 5.69 Å². The van der Waals surface area contributed by atoms with Gasteiger partial charge in [-0.3, -0.25) is 0 Å². The number of rotatable bonds is 5. The maximum Gasteiger partial charge on any atom is 0.0951 e. The highest BCUT2D eigenvalue weighted by molar-refractivity contribution is 5.47. The van der Waals surface area contributed by atoms with Crippen LogP contribution in [0.15, 0.2) is 36.8 Å². The molecule has 0 amide bonds. The summed E-state index contributed by atoms with van der Waals surface area (Å²) in [6, 6.07) is 9.12. The van der Waals surface area contributed by atoms with Crippen molar-refractivity contribution in [3.8, 4) is 0 Å². The molecule has 1 heterocycles. The van der Waals surface area contributed by atoms with Gasteiger partial charge in [-0.2, -0.15) is 0 Å². The molecule has 1 fully saturated rings. The molecule has 100 valence electrons. The lowest BCUT2D eigenvalue weighted by Crippen LogP contribution is -2.23. The first-order valence-electron chi connectivity index (χ1n) is 6.83. The molecule has 1 aliphatic rings. The van der Waals surface area contributed by atoms with Crippen molar-refractivity contribution in [2.45, 2.75) is 31.8 Å². The van der Waals surface area contributed by atoms with Crippen LogP contribution in [0.2, 0.25) is 0 Å². The first-order chi connectivity index (χ1) is 9.28. The molecule has 1 aromatic carbocycles. The van der Waals surface area contributed by atoms with Gasteiger partial charge in [0.25, 0.3) is 0 Å². The number of aromatic nitrogens is 2. The van der Waals surface area contributed by atoms with Crippen molar-refractivity contribution in [3.05, 3.63) is 48.0 Å². The molecule has 1 aromatic heterocycles. The smallest absolute Gasteiger partial charge is 0.0951 e. The van der Waals surface area contributed by atoms with Crippen molar-refractivity contribution in [2.24, 2.45) is 5.73 Å². The number of imidazole rings is 1. The van der Waals surface area contributed by atoms with Crippen molar-refractivity contribution in [1.82, 2.24) is 9.55 Å². The summed E-state index contributed by atoms with van der Waals surface area (Å²) in [5.74, 6) is 0. The Balaban J connectivity index is 1.82. The van der Waals surface area contributed by atoms with Crippen LogP contribution in [0.3, 0.4) is 0 Å². The van der Waals surface area contributed by atoms with Crippen LogP contribution in [0.1, 0.15) is 36.2 Å². The number of anilines is 1. The number of nitrogens with one attached hydrogen (secondary N) is 1. The molecule has 0 radical (unpaired) electrons. The van der Waals surface area contributed by atoms with Crippen LogP contribution in [0.5, 0.6) is 0 Å². The van der Waals surface area contributed by atoms with Crippen molar-refractivity contribution in [2.75, 3.05) is 11.9 Å². The first kappa shape index (κ1) is 12.2. The van der Waals surface area contributed by atoms with Crippen molar-refractivity contribution < 1.29 is 0 Å². The molecule has 1 atom stereocenters. The molecule has 4 nitrogen and oxygen atoms in total. The Labute approximate surface area is 113 Å². The average molecular weight is 256 g/mol. The third-order valence-corrected chi connectivity index (χ3v) is 3.59. The Morgan fingerprint density at radius 1 is 1.47 bits per heavy atom. The van der Waals surface area contributed by atoms with E-state index in [0.717, 1.165) is 5.69 Å². The van der Waals surface area contributed by atoms with Gasteiger partial charge in [0, 0.05) is 18.3 Å². The molecule has 19 heavy (non-hydrogen) atoms. The van der Waals surface area contributed by atoms with Gasteiger partial charge in [0.1, 0.15) is 0 Å². The van der Waals surface area contributed by atoms with Gasteiger partial charge in [0.2, 0.25) is 0 Å². The van der Waals surface area contributed by atoms with E-state index in [2.05, 4.69) is 46.1 Å². The number of hydrogen-bond acceptors (Lipinski definition) is 3. The molecule has 4 heteroatoms. The second-order valence-electron chi connectivity index (χ2n) is 5.26. The average Bonchev–Trinajstić information content (AvgIpc) is 3.14. The number of nitrogens with zero attached hydrogens (tertiary/aromatic N) is 2. The van der Waals surface area contributed by atoms with E-state index < -0.39 is 0 Å². The Kier molecular flexibility index (Phi) is 3.25. The maximum absolute atomic E-state index is 5.94. The molecule has 3 rings (SSSR count). The molecular weight excluding hydrogens is 236 g/mol. The van der Waals surface area contributed by atoms with Crippen molar-refractivity contribution in [3.63, 3.8) is 0 Å². The molecule has 2 aromatic rings. The van der Waals surface area contributed by atoms with Gasteiger partial charge < -0.3 is 15.6 Å². The van der Waals surface area contributed by atoms with E-state index in [1.807, 2.05) is 12.5 Å². The summed E-state index contributed by atoms with van der Waals surface area (Å²) in [5, 5.41) is 3.51. The van der Waals surface area contributed by atoms with E-state index in [0.29, 0.717) is 12.6 Å². The molecule has 0 bridgehead atoms. The van der Waals surface area contributed by atoms with Gasteiger partial charge >= 0.3 is 0 Å². The van der Waals surface area contributed by atoms with E-state index >= 15 is 0 Å². The van der Waals surface area contributed by atoms with Crippen molar-refractivity contribution in [1.29, 1.82) is 0 Å². The molecule has 0 saturated heterocycles. The predicted molar refractivity (Wildman–Crippen MR) is 77.1 cm³/mol. The number of nitrogens with two attached hydrogens (primary N) is 1. The summed E-state index contributed by atoms with van der Waals surface area (Å²) in [5.41, 5.74) is 9.48. The fourth-order valence-electron chi connectivity index (χ4n) is 2.43. The highest BCUT2D eigenvalue weighted by atomic mass is 15.1. The van der Waals surface area contributed by atoms with Crippen LogP contribution in [0, 0.1) is 6.92 Å². The quantitative estimate of drug-likeness (QED) is 0.864. The lowest BCUT2D eigenvalue weighted by molar-refractivity contribution is 0.642. The predicted octanol–water partition coefficient (Wildman–Crippen LogP) is 2.64. The normalized spacial score (nSPS) is 16.3. The van der Waals surface area contributed by atoms with Crippen LogP contribution < -0.4 is 11.1 Å². The number of aryl methyl sites for hydroxylation is 1. The van der Waals surface area contributed by atoms with Crippen LogP contribution >= 0.6 is 0 Å². The van der Waals surface area contributed by atoms with Crippen LogP contribution in [-0.4, -0.2) is 16.1 Å². The second-order valence-corrected chi connectivity index (χ2v) is 5.26. The SMILES string of the molecule is Cc1cccc(NC(CN)c2cncn2C2CC2)c1. The molecule has 1 unspecified atom stereocenters. The third kappa shape index (κ3) is 2.63. The molecule has 3 N–H and O–H groups in total. The van der Waals surface area contributed by atoms with E-state index in [9.17, 15) is 0 Å². The van der Waals surface area contributed by atoms with E-state index in [1.165, 1.54) is 24.1 Å². The third-order valence-electron chi connectivity index (χ3n) is 3.59. The van der Waals surface area contributed by atoms with Gasteiger partial charge in [-0.15, -0.1) is 0 Å². The van der Waals surface area contributed by atoms with Crippen LogP contribution in [0.25, 0.3) is 0 Å². The minimum absolute atomic E-state index is 0.116. The summed E-state index contributed by atoms with van der Waals surface area (Å²) in [6.45, 7) is 2.66. The molecule has 0 spiro atoms. The largest absolute Gasteiger partial charge is 0.375 e. The molecule has 0 aliphatic heterocycles. The maximum atomic E-state index is 5.94. The van der Waals surface area contributed by atoms with Gasteiger partial charge in [-0.25, -0.2) is 4.98 Å². The van der Waals surface area contributed by atoms with E-state index in [-0.39, 0.29) is 6.04 Å². The summed E-state index contributed by atoms with van der Waals surface area (Å²) in [6.07, 6.45) is 6.36. The highest BCUT2D eigenvalue weighted by Gasteiger charge is 2.27. The van der Waals surface area contributed by atoms with E-state index in [4.69, 9.17) is 5.73 Å². The first-order valence-corrected chi connectivity index (χ1v) is 6.83. The van der Waals surface area contributed by atoms with Gasteiger partial charge in [0.05, 0.1) is 24.3 Å². The zero-order chi connectivity index (χ0) is 13.2. The van der Waals surface area contributed by atoms with Crippen LogP contribution in [-0.2, 0) is 0 Å². The topological polar surface area (TPSA) is 55.9 Å². The Morgan fingerprint density at radius 3 is 3.00 bits per heavy atom. The zero-order valence-electron chi connectivity index (χ0n) is 11.2. The monoisotopic (exact) mass is 256 g/mol. The Morgan fingerprint density at radius 2 is 2.32 bits per heavy atom. The summed E-state index contributed by atoms with van der Waals surface area (Å²) < 4.78 is 2.26. The summed E-state index contributed by atoms with van der Waals surface area (Å²) in [4.78, 5) is 4.28. The van der Waals surface area contributed by atoms with Crippen LogP contribution in [0.4, 0.5) is 5.69 Å². The molecular formula is C15H20N4. The van der Waals surface area contributed by atoms with Gasteiger partial charge in [0.15, 0.2) is 0 Å². The highest BCUT2D eigenvalue weighted by Crippen LogP contribution is 2.37. The fraction of sp³-hybridized carbons (Fsp3) is 0.400. The minimum Gasteiger partial charge on any atom is -0.375 e. The van der Waals surface area contributed by atoms with Gasteiger partial charge in [-0.1, -0.05) is 12.1 Å². The zero-order valence-corrected chi connectivity index (χ0v) is 11.2. The Bertz CT molecular complexity index is 557. The second kappa shape index (κ2) is 5.05. The lowest BCUT2D eigenvalue weighted by atomic mass is 10.1. The molecule has 1 aliphatic carbocycles. The molecule has 1 saturated carbocycles. The Hall–Kier alpha value is -1.81. The minimum atomic E-state index is 0.116. The summed E-state index contributed by atoms with van der Waals surface area (Å²) in [7, 11) is 0. The fourth-order valence-corrected chi connectivity index (χ4v) is 2.43. The number of benzene rings is 1. The van der Waals surface area contributed by atoms with E-state index in [1.54, 1.807) is 0 Å². The number of hydrogen-bond donors (Lipinski definition) is 2. The lowest BCUT2D eigenvalue weighted by Gasteiger charge is -2.20. The van der Waals surface area contributed by atoms with Gasteiger partial charge in [-0.05, 0) is 37.5 Å². The summed E-state index contributed by atoms with van der Waals surface area (Å²) >= 11 is 0.